The summed E-state index contributed by atoms with van der Waals surface area (Å²) in [4.78, 5) is 14.7. The number of amides is 1. The van der Waals surface area contributed by atoms with Gasteiger partial charge in [0, 0.05) is 32.4 Å². The molecule has 1 aromatic rings. The summed E-state index contributed by atoms with van der Waals surface area (Å²) >= 11 is 0. The largest absolute Gasteiger partial charge is 0.387 e. The van der Waals surface area contributed by atoms with E-state index in [1.807, 2.05) is 37.1 Å². The zero-order valence-corrected chi connectivity index (χ0v) is 13.3. The van der Waals surface area contributed by atoms with Crippen LogP contribution in [0.4, 0.5) is 5.69 Å². The van der Waals surface area contributed by atoms with E-state index >= 15 is 0 Å². The zero-order chi connectivity index (χ0) is 15.2. The van der Waals surface area contributed by atoms with Gasteiger partial charge in [0.1, 0.15) is 0 Å². The van der Waals surface area contributed by atoms with Crippen molar-refractivity contribution in [2.24, 2.45) is 0 Å². The lowest BCUT2D eigenvalue weighted by atomic mass is 10.0. The molecule has 4 heteroatoms. The number of benzene rings is 1. The average Bonchev–Trinajstić information content (AvgIpc) is 2.52. The minimum Gasteiger partial charge on any atom is -0.387 e. The van der Waals surface area contributed by atoms with E-state index in [-0.39, 0.29) is 12.0 Å². The van der Waals surface area contributed by atoms with Gasteiger partial charge in [-0.3, -0.25) is 4.79 Å². The molecular weight excluding hydrogens is 264 g/mol. The third-order valence-electron chi connectivity index (χ3n) is 3.90. The Hall–Kier alpha value is -1.55. The van der Waals surface area contributed by atoms with Crippen LogP contribution < -0.4 is 5.32 Å². The highest BCUT2D eigenvalue weighted by Gasteiger charge is 2.26. The highest BCUT2D eigenvalue weighted by Crippen LogP contribution is 2.22. The quantitative estimate of drug-likeness (QED) is 0.906. The number of nitrogens with zero attached hydrogens (tertiary/aromatic N) is 1. The standard InChI is InChI=1S/C17H26N2O2/c1-4-10-21-14-6-5-9-19(12-14)17(20)15-8-7-13(2)11-16(15)18-3/h7-8,11,14,18H,4-6,9-10,12H2,1-3H3. The molecule has 4 nitrogen and oxygen atoms in total. The molecular formula is C17H26N2O2. The Balaban J connectivity index is 2.08. The van der Waals surface area contributed by atoms with E-state index in [0.29, 0.717) is 6.54 Å². The van der Waals surface area contributed by atoms with Gasteiger partial charge in [0.05, 0.1) is 11.7 Å². The minimum absolute atomic E-state index is 0.101. The van der Waals surface area contributed by atoms with E-state index in [9.17, 15) is 4.79 Å². The summed E-state index contributed by atoms with van der Waals surface area (Å²) in [7, 11) is 1.86. The van der Waals surface area contributed by atoms with E-state index in [4.69, 9.17) is 4.74 Å². The number of carbonyl (C=O) groups is 1. The first-order chi connectivity index (χ1) is 10.2. The first kappa shape index (κ1) is 15.8. The molecule has 1 fully saturated rings. The Kier molecular flexibility index (Phi) is 5.62. The van der Waals surface area contributed by atoms with Gasteiger partial charge in [0.2, 0.25) is 0 Å². The second-order valence-electron chi connectivity index (χ2n) is 5.69. The van der Waals surface area contributed by atoms with Crippen LogP contribution >= 0.6 is 0 Å². The number of hydrogen-bond acceptors (Lipinski definition) is 3. The molecule has 0 aliphatic carbocycles. The molecule has 0 saturated carbocycles. The Morgan fingerprint density at radius 2 is 2.29 bits per heavy atom. The van der Waals surface area contributed by atoms with Crippen molar-refractivity contribution in [3.63, 3.8) is 0 Å². The van der Waals surface area contributed by atoms with Crippen LogP contribution in [0.25, 0.3) is 0 Å². The molecule has 2 rings (SSSR count). The summed E-state index contributed by atoms with van der Waals surface area (Å²) in [5, 5.41) is 3.12. The van der Waals surface area contributed by atoms with Crippen LogP contribution in [0.3, 0.4) is 0 Å². The summed E-state index contributed by atoms with van der Waals surface area (Å²) < 4.78 is 5.81. The summed E-state index contributed by atoms with van der Waals surface area (Å²) in [6, 6.07) is 5.92. The van der Waals surface area contributed by atoms with Crippen molar-refractivity contribution in [3.05, 3.63) is 29.3 Å². The number of rotatable bonds is 5. The van der Waals surface area contributed by atoms with Gasteiger partial charge in [-0.2, -0.15) is 0 Å². The lowest BCUT2D eigenvalue weighted by Crippen LogP contribution is -2.43. The average molecular weight is 290 g/mol. The van der Waals surface area contributed by atoms with Gasteiger partial charge < -0.3 is 15.0 Å². The maximum atomic E-state index is 12.7. The first-order valence-electron chi connectivity index (χ1n) is 7.85. The van der Waals surface area contributed by atoms with Gasteiger partial charge in [-0.05, 0) is 43.9 Å². The number of piperidine rings is 1. The third kappa shape index (κ3) is 3.97. The fourth-order valence-corrected chi connectivity index (χ4v) is 2.76. The number of likely N-dealkylation sites (tertiary alicyclic amines) is 1. The van der Waals surface area contributed by atoms with Crippen LogP contribution in [-0.2, 0) is 4.74 Å². The predicted molar refractivity (Wildman–Crippen MR) is 85.9 cm³/mol. The number of hydrogen-bond donors (Lipinski definition) is 1. The third-order valence-corrected chi connectivity index (χ3v) is 3.90. The van der Waals surface area contributed by atoms with E-state index in [1.165, 1.54) is 0 Å². The lowest BCUT2D eigenvalue weighted by molar-refractivity contribution is 0.00214. The molecule has 1 N–H and O–H groups in total. The Morgan fingerprint density at radius 3 is 3.00 bits per heavy atom. The van der Waals surface area contributed by atoms with Crippen molar-refractivity contribution in [2.75, 3.05) is 32.1 Å². The van der Waals surface area contributed by atoms with Crippen molar-refractivity contribution < 1.29 is 9.53 Å². The molecule has 1 aliphatic heterocycles. The molecule has 0 radical (unpaired) electrons. The second-order valence-corrected chi connectivity index (χ2v) is 5.69. The fraction of sp³-hybridized carbons (Fsp3) is 0.588. The molecule has 1 saturated heterocycles. The number of ether oxygens (including phenoxy) is 1. The first-order valence-corrected chi connectivity index (χ1v) is 7.85. The number of nitrogens with one attached hydrogen (secondary N) is 1. The number of anilines is 1. The molecule has 1 amide bonds. The summed E-state index contributed by atoms with van der Waals surface area (Å²) in [6.45, 7) is 6.44. The molecule has 1 heterocycles. The van der Waals surface area contributed by atoms with Gasteiger partial charge >= 0.3 is 0 Å². The van der Waals surface area contributed by atoms with Crippen LogP contribution in [0.2, 0.25) is 0 Å². The topological polar surface area (TPSA) is 41.6 Å². The predicted octanol–water partition coefficient (Wildman–Crippen LogP) is 3.07. The molecule has 21 heavy (non-hydrogen) atoms. The highest BCUT2D eigenvalue weighted by atomic mass is 16.5. The minimum atomic E-state index is 0.101. The van der Waals surface area contributed by atoms with Crippen molar-refractivity contribution >= 4 is 11.6 Å². The Labute approximate surface area is 127 Å². The lowest BCUT2D eigenvalue weighted by Gasteiger charge is -2.33. The maximum absolute atomic E-state index is 12.7. The number of aryl methyl sites for hydroxylation is 1. The number of carbonyl (C=O) groups excluding carboxylic acids is 1. The molecule has 0 spiro atoms. The van der Waals surface area contributed by atoms with Gasteiger partial charge in [-0.25, -0.2) is 0 Å². The SMILES string of the molecule is CCCOC1CCCN(C(=O)c2ccc(C)cc2NC)C1. The van der Waals surface area contributed by atoms with E-state index < -0.39 is 0 Å². The molecule has 0 bridgehead atoms. The van der Waals surface area contributed by atoms with Gasteiger partial charge in [0.25, 0.3) is 5.91 Å². The van der Waals surface area contributed by atoms with Crippen molar-refractivity contribution in [1.82, 2.24) is 4.90 Å². The maximum Gasteiger partial charge on any atom is 0.256 e. The fourth-order valence-electron chi connectivity index (χ4n) is 2.76. The molecule has 116 valence electrons. The van der Waals surface area contributed by atoms with E-state index in [1.54, 1.807) is 0 Å². The molecule has 1 aromatic carbocycles. The van der Waals surface area contributed by atoms with Crippen LogP contribution in [-0.4, -0.2) is 43.7 Å². The van der Waals surface area contributed by atoms with Crippen molar-refractivity contribution in [2.45, 2.75) is 39.2 Å². The summed E-state index contributed by atoms with van der Waals surface area (Å²) in [5.74, 6) is 0.101. The molecule has 1 unspecified atom stereocenters. The van der Waals surface area contributed by atoms with Crippen LogP contribution in [0.15, 0.2) is 18.2 Å². The Morgan fingerprint density at radius 1 is 1.48 bits per heavy atom. The highest BCUT2D eigenvalue weighted by molar-refractivity contribution is 5.99. The van der Waals surface area contributed by atoms with Crippen molar-refractivity contribution in [3.8, 4) is 0 Å². The smallest absolute Gasteiger partial charge is 0.256 e. The molecule has 0 aromatic heterocycles. The van der Waals surface area contributed by atoms with Gasteiger partial charge in [-0.1, -0.05) is 13.0 Å². The normalized spacial score (nSPS) is 18.6. The van der Waals surface area contributed by atoms with E-state index in [2.05, 4.69) is 12.2 Å². The van der Waals surface area contributed by atoms with E-state index in [0.717, 1.165) is 49.2 Å². The van der Waals surface area contributed by atoms with Crippen LogP contribution in [0.5, 0.6) is 0 Å². The zero-order valence-electron chi connectivity index (χ0n) is 13.3. The van der Waals surface area contributed by atoms with Gasteiger partial charge in [-0.15, -0.1) is 0 Å². The van der Waals surface area contributed by atoms with Crippen LogP contribution in [0, 0.1) is 6.92 Å². The molecule has 1 aliphatic rings. The summed E-state index contributed by atoms with van der Waals surface area (Å²) in [5.41, 5.74) is 2.80. The summed E-state index contributed by atoms with van der Waals surface area (Å²) in [6.07, 6.45) is 3.27. The second kappa shape index (κ2) is 7.46. The molecule has 1 atom stereocenters. The monoisotopic (exact) mass is 290 g/mol. The van der Waals surface area contributed by atoms with Crippen LogP contribution in [0.1, 0.15) is 42.1 Å². The van der Waals surface area contributed by atoms with Gasteiger partial charge in [0.15, 0.2) is 0 Å². The van der Waals surface area contributed by atoms with Crippen molar-refractivity contribution in [1.29, 1.82) is 0 Å². The Bertz CT molecular complexity index is 488.